The van der Waals surface area contributed by atoms with E-state index in [1.807, 2.05) is 41.8 Å². The molecule has 0 aliphatic carbocycles. The summed E-state index contributed by atoms with van der Waals surface area (Å²) >= 11 is 1.64. The predicted molar refractivity (Wildman–Crippen MR) is 89.9 cm³/mol. The molecule has 22 heavy (non-hydrogen) atoms. The molecule has 0 bridgehead atoms. The molecule has 1 aromatic carbocycles. The summed E-state index contributed by atoms with van der Waals surface area (Å²) in [5, 5.41) is 6.98. The van der Waals surface area contributed by atoms with Crippen LogP contribution >= 0.6 is 11.3 Å². The van der Waals surface area contributed by atoms with Crippen molar-refractivity contribution in [3.05, 3.63) is 58.3 Å². The molecule has 2 aromatic rings. The summed E-state index contributed by atoms with van der Waals surface area (Å²) in [6.07, 6.45) is 0.810. The number of nitrogens with zero attached hydrogens (tertiary/aromatic N) is 1. The SMILES string of the molecule is CN(Cc1ccsc1)C(=O)NCCCOCc1ccccc1. The van der Waals surface area contributed by atoms with Gasteiger partial charge in [-0.25, -0.2) is 4.79 Å². The number of ether oxygens (including phenoxy) is 1. The average molecular weight is 318 g/mol. The van der Waals surface area contributed by atoms with Crippen LogP contribution < -0.4 is 5.32 Å². The molecule has 0 atom stereocenters. The third-order valence-electron chi connectivity index (χ3n) is 3.20. The molecule has 2 rings (SSSR count). The molecule has 4 nitrogen and oxygen atoms in total. The first-order valence-corrected chi connectivity index (χ1v) is 8.31. The molecule has 0 unspecified atom stereocenters. The third kappa shape index (κ3) is 5.87. The molecule has 2 amide bonds. The standard InChI is InChI=1S/C17H22N2O2S/c1-19(12-16-8-11-22-14-16)17(20)18-9-5-10-21-13-15-6-3-2-4-7-15/h2-4,6-8,11,14H,5,9-10,12-13H2,1H3,(H,18,20). The van der Waals surface area contributed by atoms with Gasteiger partial charge in [-0.15, -0.1) is 0 Å². The lowest BCUT2D eigenvalue weighted by Gasteiger charge is -2.17. The molecule has 0 saturated carbocycles. The summed E-state index contributed by atoms with van der Waals surface area (Å²) in [6.45, 7) is 2.53. The van der Waals surface area contributed by atoms with E-state index < -0.39 is 0 Å². The van der Waals surface area contributed by atoms with Crippen molar-refractivity contribution in [2.24, 2.45) is 0 Å². The normalized spacial score (nSPS) is 10.4. The Kier molecular flexibility index (Phi) is 6.93. The van der Waals surface area contributed by atoms with Gasteiger partial charge in [-0.05, 0) is 34.4 Å². The van der Waals surface area contributed by atoms with Gasteiger partial charge in [-0.3, -0.25) is 0 Å². The number of hydrogen-bond donors (Lipinski definition) is 1. The van der Waals surface area contributed by atoms with E-state index >= 15 is 0 Å². The Labute approximate surface area is 135 Å². The predicted octanol–water partition coefficient (Wildman–Crippen LogP) is 3.50. The van der Waals surface area contributed by atoms with Crippen LogP contribution in [0.15, 0.2) is 47.2 Å². The highest BCUT2D eigenvalue weighted by molar-refractivity contribution is 7.07. The van der Waals surface area contributed by atoms with Crippen molar-refractivity contribution in [3.8, 4) is 0 Å². The van der Waals surface area contributed by atoms with Crippen LogP contribution in [0.1, 0.15) is 17.5 Å². The summed E-state index contributed by atoms with van der Waals surface area (Å²) in [5.41, 5.74) is 2.33. The Balaban J connectivity index is 1.53. The van der Waals surface area contributed by atoms with Gasteiger partial charge in [0.1, 0.15) is 0 Å². The highest BCUT2D eigenvalue weighted by Crippen LogP contribution is 2.08. The highest BCUT2D eigenvalue weighted by atomic mass is 32.1. The number of thiophene rings is 1. The number of rotatable bonds is 8. The summed E-state index contributed by atoms with van der Waals surface area (Å²) < 4.78 is 5.58. The van der Waals surface area contributed by atoms with E-state index in [1.165, 1.54) is 5.56 Å². The Bertz CT molecular complexity index is 543. The number of carbonyl (C=O) groups excluding carboxylic acids is 1. The quantitative estimate of drug-likeness (QED) is 0.757. The van der Waals surface area contributed by atoms with Gasteiger partial charge in [0.2, 0.25) is 0 Å². The van der Waals surface area contributed by atoms with Crippen molar-refractivity contribution >= 4 is 17.4 Å². The highest BCUT2D eigenvalue weighted by Gasteiger charge is 2.08. The Morgan fingerprint density at radius 1 is 1.23 bits per heavy atom. The number of hydrogen-bond acceptors (Lipinski definition) is 3. The minimum atomic E-state index is -0.0470. The van der Waals surface area contributed by atoms with E-state index in [4.69, 9.17) is 4.74 Å². The molecule has 0 fully saturated rings. The van der Waals surface area contributed by atoms with Gasteiger partial charge in [0, 0.05) is 26.7 Å². The zero-order valence-electron chi connectivity index (χ0n) is 12.8. The third-order valence-corrected chi connectivity index (χ3v) is 3.93. The first-order valence-electron chi connectivity index (χ1n) is 7.37. The number of benzene rings is 1. The van der Waals surface area contributed by atoms with Gasteiger partial charge in [0.15, 0.2) is 0 Å². The van der Waals surface area contributed by atoms with E-state index in [2.05, 4.69) is 10.7 Å². The number of urea groups is 1. The molecular weight excluding hydrogens is 296 g/mol. The second-order valence-corrected chi connectivity index (χ2v) is 5.89. The van der Waals surface area contributed by atoms with Gasteiger partial charge >= 0.3 is 6.03 Å². The van der Waals surface area contributed by atoms with E-state index in [-0.39, 0.29) is 6.03 Å². The molecule has 0 aliphatic heterocycles. The first-order chi connectivity index (χ1) is 10.8. The van der Waals surface area contributed by atoms with Crippen LogP contribution in [0.5, 0.6) is 0 Å². The summed E-state index contributed by atoms with van der Waals surface area (Å²) in [4.78, 5) is 13.6. The van der Waals surface area contributed by atoms with Crippen molar-refractivity contribution in [3.63, 3.8) is 0 Å². The van der Waals surface area contributed by atoms with Gasteiger partial charge in [-0.1, -0.05) is 30.3 Å². The maximum atomic E-state index is 11.9. The van der Waals surface area contributed by atoms with E-state index in [0.717, 1.165) is 12.0 Å². The number of carbonyl (C=O) groups is 1. The van der Waals surface area contributed by atoms with Crippen molar-refractivity contribution < 1.29 is 9.53 Å². The van der Waals surface area contributed by atoms with Crippen molar-refractivity contribution in [1.29, 1.82) is 0 Å². The molecule has 1 heterocycles. The van der Waals surface area contributed by atoms with Crippen molar-refractivity contribution in [2.75, 3.05) is 20.2 Å². The van der Waals surface area contributed by atoms with Gasteiger partial charge < -0.3 is 15.0 Å². The molecule has 0 spiro atoms. The van der Waals surface area contributed by atoms with E-state index in [0.29, 0.717) is 26.3 Å². The van der Waals surface area contributed by atoms with Gasteiger partial charge in [0.05, 0.1) is 6.61 Å². The van der Waals surface area contributed by atoms with Crippen LogP contribution in [0.25, 0.3) is 0 Å². The number of amides is 2. The van der Waals surface area contributed by atoms with Crippen LogP contribution in [-0.2, 0) is 17.9 Å². The lowest BCUT2D eigenvalue weighted by atomic mass is 10.2. The molecule has 0 radical (unpaired) electrons. The average Bonchev–Trinajstić information content (AvgIpc) is 3.04. The maximum Gasteiger partial charge on any atom is 0.317 e. The zero-order valence-corrected chi connectivity index (χ0v) is 13.6. The molecule has 118 valence electrons. The molecule has 0 aliphatic rings. The largest absolute Gasteiger partial charge is 0.377 e. The smallest absolute Gasteiger partial charge is 0.317 e. The molecule has 0 saturated heterocycles. The lowest BCUT2D eigenvalue weighted by Crippen LogP contribution is -2.37. The monoisotopic (exact) mass is 318 g/mol. The van der Waals surface area contributed by atoms with E-state index in [1.54, 1.807) is 23.3 Å². The fraction of sp³-hybridized carbons (Fsp3) is 0.353. The molecule has 5 heteroatoms. The maximum absolute atomic E-state index is 11.9. The van der Waals surface area contributed by atoms with Gasteiger partial charge in [-0.2, -0.15) is 11.3 Å². The van der Waals surface area contributed by atoms with Crippen LogP contribution in [0, 0.1) is 0 Å². The Hall–Kier alpha value is -1.85. The summed E-state index contributed by atoms with van der Waals surface area (Å²) in [5.74, 6) is 0. The van der Waals surface area contributed by atoms with Crippen LogP contribution in [0.4, 0.5) is 4.79 Å². The molecule has 1 aromatic heterocycles. The molecule has 1 N–H and O–H groups in total. The van der Waals surface area contributed by atoms with E-state index in [9.17, 15) is 4.79 Å². The Morgan fingerprint density at radius 2 is 2.05 bits per heavy atom. The topological polar surface area (TPSA) is 41.6 Å². The fourth-order valence-corrected chi connectivity index (χ4v) is 2.66. The first kappa shape index (κ1) is 16.5. The minimum Gasteiger partial charge on any atom is -0.377 e. The second-order valence-electron chi connectivity index (χ2n) is 5.11. The fourth-order valence-electron chi connectivity index (χ4n) is 2.00. The van der Waals surface area contributed by atoms with Crippen LogP contribution in [-0.4, -0.2) is 31.1 Å². The minimum absolute atomic E-state index is 0.0470. The van der Waals surface area contributed by atoms with Crippen LogP contribution in [0.2, 0.25) is 0 Å². The van der Waals surface area contributed by atoms with Crippen LogP contribution in [0.3, 0.4) is 0 Å². The second kappa shape index (κ2) is 9.23. The summed E-state index contributed by atoms with van der Waals surface area (Å²) in [6, 6.07) is 12.1. The Morgan fingerprint density at radius 3 is 2.77 bits per heavy atom. The van der Waals surface area contributed by atoms with Crippen molar-refractivity contribution in [2.45, 2.75) is 19.6 Å². The zero-order chi connectivity index (χ0) is 15.6. The van der Waals surface area contributed by atoms with Gasteiger partial charge in [0.25, 0.3) is 0 Å². The number of nitrogens with one attached hydrogen (secondary N) is 1. The molecular formula is C17H22N2O2S. The lowest BCUT2D eigenvalue weighted by molar-refractivity contribution is 0.118. The summed E-state index contributed by atoms with van der Waals surface area (Å²) in [7, 11) is 1.80. The van der Waals surface area contributed by atoms with Crippen molar-refractivity contribution in [1.82, 2.24) is 10.2 Å².